The number of nitrogens with zero attached hydrogens (tertiary/aromatic N) is 2. The van der Waals surface area contributed by atoms with Gasteiger partial charge < -0.3 is 9.47 Å². The van der Waals surface area contributed by atoms with Crippen LogP contribution < -0.4 is 4.90 Å². The predicted molar refractivity (Wildman–Crippen MR) is 264 cm³/mol. The highest BCUT2D eigenvalue weighted by atomic mass is 15.1. The fourth-order valence-corrected chi connectivity index (χ4v) is 9.64. The number of hydrogen-bond donors (Lipinski definition) is 0. The molecular weight excluding hydrogens is 749 g/mol. The van der Waals surface area contributed by atoms with Crippen molar-refractivity contribution < 1.29 is 0 Å². The van der Waals surface area contributed by atoms with Crippen molar-refractivity contribution in [2.75, 3.05) is 4.90 Å². The van der Waals surface area contributed by atoms with Gasteiger partial charge in [0, 0.05) is 33.5 Å². The van der Waals surface area contributed by atoms with E-state index in [1.165, 1.54) is 87.5 Å². The van der Waals surface area contributed by atoms with Gasteiger partial charge in [-0.3, -0.25) is 0 Å². The molecule has 0 saturated heterocycles. The number of para-hydroxylation sites is 1. The minimum Gasteiger partial charge on any atom is -0.310 e. The first-order valence-corrected chi connectivity index (χ1v) is 21.3. The molecule has 0 aliphatic rings. The molecule has 0 aliphatic heterocycles. The Kier molecular flexibility index (Phi) is 8.53. The van der Waals surface area contributed by atoms with Gasteiger partial charge in [-0.25, -0.2) is 0 Å². The number of hydrogen-bond acceptors (Lipinski definition) is 1. The summed E-state index contributed by atoms with van der Waals surface area (Å²) in [4.78, 5) is 2.41. The highest BCUT2D eigenvalue weighted by Crippen LogP contribution is 2.44. The third-order valence-corrected chi connectivity index (χ3v) is 12.5. The second-order valence-electron chi connectivity index (χ2n) is 16.1. The van der Waals surface area contributed by atoms with E-state index in [9.17, 15) is 0 Å². The average Bonchev–Trinajstić information content (AvgIpc) is 3.70. The molecule has 0 unspecified atom stereocenters. The highest BCUT2D eigenvalue weighted by molar-refractivity contribution is 6.25. The van der Waals surface area contributed by atoms with E-state index in [4.69, 9.17) is 0 Å². The Hall–Kier alpha value is -8.20. The van der Waals surface area contributed by atoms with E-state index in [0.717, 1.165) is 22.7 Å². The lowest BCUT2D eigenvalue weighted by Gasteiger charge is -2.27. The molecule has 290 valence electrons. The summed E-state index contributed by atoms with van der Waals surface area (Å²) in [6.07, 6.45) is 0. The van der Waals surface area contributed by atoms with Crippen LogP contribution in [0.4, 0.5) is 17.1 Å². The summed E-state index contributed by atoms with van der Waals surface area (Å²) in [6.45, 7) is 0. The van der Waals surface area contributed by atoms with Gasteiger partial charge in [-0.2, -0.15) is 0 Å². The van der Waals surface area contributed by atoms with Gasteiger partial charge in [-0.05, 0) is 132 Å². The number of fused-ring (bicyclic) bond motifs is 8. The zero-order valence-corrected chi connectivity index (χ0v) is 34.0. The van der Waals surface area contributed by atoms with Gasteiger partial charge in [0.15, 0.2) is 0 Å². The first-order chi connectivity index (χ1) is 30.7. The summed E-state index contributed by atoms with van der Waals surface area (Å²) in [7, 11) is 0. The largest absolute Gasteiger partial charge is 0.310 e. The normalized spacial score (nSPS) is 11.5. The maximum absolute atomic E-state index is 2.42. The number of rotatable bonds is 7. The van der Waals surface area contributed by atoms with Crippen LogP contribution in [0.25, 0.3) is 93.2 Å². The van der Waals surface area contributed by atoms with Crippen molar-refractivity contribution in [3.63, 3.8) is 0 Å². The molecule has 0 radical (unpaired) electrons. The van der Waals surface area contributed by atoms with Crippen LogP contribution in [0.3, 0.4) is 0 Å². The predicted octanol–water partition coefficient (Wildman–Crippen LogP) is 16.7. The maximum Gasteiger partial charge on any atom is 0.0547 e. The molecule has 12 aromatic rings. The quantitative estimate of drug-likeness (QED) is 0.146. The van der Waals surface area contributed by atoms with Gasteiger partial charge >= 0.3 is 0 Å². The van der Waals surface area contributed by atoms with Gasteiger partial charge in [0.1, 0.15) is 0 Å². The van der Waals surface area contributed by atoms with Crippen molar-refractivity contribution in [3.8, 4) is 39.1 Å². The molecule has 0 N–H and O–H groups in total. The topological polar surface area (TPSA) is 8.17 Å². The lowest BCUT2D eigenvalue weighted by atomic mass is 9.96. The summed E-state index contributed by atoms with van der Waals surface area (Å²) in [5, 5.41) is 10.0. The Morgan fingerprint density at radius 3 is 1.63 bits per heavy atom. The molecule has 0 amide bonds. The van der Waals surface area contributed by atoms with Crippen molar-refractivity contribution in [2.24, 2.45) is 0 Å². The first kappa shape index (κ1) is 35.7. The summed E-state index contributed by atoms with van der Waals surface area (Å²) < 4.78 is 2.42. The van der Waals surface area contributed by atoms with E-state index < -0.39 is 0 Å². The molecule has 11 aromatic carbocycles. The van der Waals surface area contributed by atoms with Crippen LogP contribution in [0.15, 0.2) is 243 Å². The molecule has 2 heteroatoms. The summed E-state index contributed by atoms with van der Waals surface area (Å²) in [5.41, 5.74) is 14.0. The molecule has 0 atom stereocenters. The zero-order valence-electron chi connectivity index (χ0n) is 34.0. The van der Waals surface area contributed by atoms with E-state index in [0.29, 0.717) is 0 Å². The molecule has 0 saturated carbocycles. The van der Waals surface area contributed by atoms with Crippen molar-refractivity contribution in [3.05, 3.63) is 243 Å². The SMILES string of the molecule is c1ccc(-c2cccc(-c3ccc(N(c4cccc(-c5cccc6c5c5c7ccccc7ccc5n6-c5ccccc5)c4)c4ccc5c(ccc6ccccc65)c4)cc3)c2)cc1. The van der Waals surface area contributed by atoms with E-state index in [1.54, 1.807) is 0 Å². The molecule has 1 aromatic heterocycles. The number of aromatic nitrogens is 1. The molecule has 0 bridgehead atoms. The minimum absolute atomic E-state index is 1.09. The zero-order chi connectivity index (χ0) is 41.0. The summed E-state index contributed by atoms with van der Waals surface area (Å²) in [6, 6.07) is 88.5. The van der Waals surface area contributed by atoms with Crippen molar-refractivity contribution in [2.45, 2.75) is 0 Å². The molecule has 2 nitrogen and oxygen atoms in total. The van der Waals surface area contributed by atoms with E-state index in [-0.39, 0.29) is 0 Å². The monoisotopic (exact) mass is 788 g/mol. The van der Waals surface area contributed by atoms with Crippen LogP contribution in [0.2, 0.25) is 0 Å². The van der Waals surface area contributed by atoms with Crippen LogP contribution in [0.5, 0.6) is 0 Å². The fraction of sp³-hybridized carbons (Fsp3) is 0. The van der Waals surface area contributed by atoms with Crippen LogP contribution in [-0.4, -0.2) is 4.57 Å². The molecule has 12 rings (SSSR count). The molecule has 62 heavy (non-hydrogen) atoms. The van der Waals surface area contributed by atoms with Gasteiger partial charge in [0.25, 0.3) is 0 Å². The van der Waals surface area contributed by atoms with Crippen LogP contribution in [0, 0.1) is 0 Å². The third-order valence-electron chi connectivity index (χ3n) is 12.5. The number of anilines is 3. The maximum atomic E-state index is 2.42. The van der Waals surface area contributed by atoms with Crippen molar-refractivity contribution >= 4 is 71.2 Å². The molecular formula is C60H40N2. The van der Waals surface area contributed by atoms with E-state index in [1.807, 2.05) is 0 Å². The van der Waals surface area contributed by atoms with Gasteiger partial charge in [-0.1, -0.05) is 176 Å². The fourth-order valence-electron chi connectivity index (χ4n) is 9.64. The smallest absolute Gasteiger partial charge is 0.0547 e. The van der Waals surface area contributed by atoms with Gasteiger partial charge in [0.2, 0.25) is 0 Å². The second kappa shape index (κ2) is 14.8. The molecule has 0 spiro atoms. The molecule has 0 aliphatic carbocycles. The lowest BCUT2D eigenvalue weighted by molar-refractivity contribution is 1.18. The van der Waals surface area contributed by atoms with Crippen molar-refractivity contribution in [1.29, 1.82) is 0 Å². The van der Waals surface area contributed by atoms with Crippen molar-refractivity contribution in [1.82, 2.24) is 4.57 Å². The van der Waals surface area contributed by atoms with Gasteiger partial charge in [-0.15, -0.1) is 0 Å². The van der Waals surface area contributed by atoms with E-state index in [2.05, 4.69) is 252 Å². The summed E-state index contributed by atoms with van der Waals surface area (Å²) >= 11 is 0. The Morgan fingerprint density at radius 2 is 0.823 bits per heavy atom. The first-order valence-electron chi connectivity index (χ1n) is 21.3. The lowest BCUT2D eigenvalue weighted by Crippen LogP contribution is -2.10. The Labute approximate surface area is 360 Å². The molecule has 0 fully saturated rings. The Balaban J connectivity index is 1.04. The number of benzene rings is 11. The Morgan fingerprint density at radius 1 is 0.274 bits per heavy atom. The average molecular weight is 789 g/mol. The van der Waals surface area contributed by atoms with E-state index >= 15 is 0 Å². The standard InChI is InChI=1S/C60H40N2/c1-3-14-41(15-4-1)45-18-11-19-46(38-45)42-30-33-50(34-31-42)61(52-35-36-54-48(40-52)29-28-43-16-7-9-24-53(43)54)51-23-12-20-47(39-51)56-26-13-27-57-60(56)59-55-25-10-8-17-44(55)32-37-58(59)62(57)49-21-5-2-6-22-49/h1-40H. The second-order valence-corrected chi connectivity index (χ2v) is 16.1. The third kappa shape index (κ3) is 6.04. The van der Waals surface area contributed by atoms with Crippen LogP contribution in [0.1, 0.15) is 0 Å². The van der Waals surface area contributed by atoms with Crippen LogP contribution in [-0.2, 0) is 0 Å². The molecule has 1 heterocycles. The van der Waals surface area contributed by atoms with Gasteiger partial charge in [0.05, 0.1) is 11.0 Å². The highest BCUT2D eigenvalue weighted by Gasteiger charge is 2.20. The Bertz CT molecular complexity index is 3620. The van der Waals surface area contributed by atoms with Crippen LogP contribution >= 0.6 is 0 Å². The summed E-state index contributed by atoms with van der Waals surface area (Å²) in [5.74, 6) is 0. The minimum atomic E-state index is 1.09.